The fourth-order valence-corrected chi connectivity index (χ4v) is 3.72. The van der Waals surface area contributed by atoms with Crippen molar-refractivity contribution < 1.29 is 9.53 Å². The summed E-state index contributed by atoms with van der Waals surface area (Å²) in [6.45, 7) is 1.40. The fraction of sp³-hybridized carbons (Fsp3) is 0.0909. The summed E-state index contributed by atoms with van der Waals surface area (Å²) in [6.07, 6.45) is 0. The third kappa shape index (κ3) is 3.09. The van der Waals surface area contributed by atoms with Gasteiger partial charge in [0, 0.05) is 17.0 Å². The first kappa shape index (κ1) is 17.3. The molecule has 3 aromatic rings. The average Bonchev–Trinajstić information content (AvgIpc) is 2.67. The zero-order valence-electron chi connectivity index (χ0n) is 14.5. The van der Waals surface area contributed by atoms with Crippen LogP contribution in [0.5, 0.6) is 5.75 Å². The lowest BCUT2D eigenvalue weighted by molar-refractivity contribution is -0.118. The van der Waals surface area contributed by atoms with E-state index >= 15 is 0 Å². The van der Waals surface area contributed by atoms with Crippen LogP contribution in [0.3, 0.4) is 0 Å². The number of amides is 1. The van der Waals surface area contributed by atoms with Crippen LogP contribution in [-0.4, -0.2) is 5.91 Å². The molecule has 0 aromatic heterocycles. The molecule has 0 unspecified atom stereocenters. The van der Waals surface area contributed by atoms with E-state index in [1.54, 1.807) is 0 Å². The molecule has 0 fully saturated rings. The van der Waals surface area contributed by atoms with E-state index in [4.69, 9.17) is 4.74 Å². The summed E-state index contributed by atoms with van der Waals surface area (Å²) in [4.78, 5) is 11.6. The molecule has 1 aliphatic rings. The van der Waals surface area contributed by atoms with E-state index in [9.17, 15) is 10.1 Å². The van der Waals surface area contributed by atoms with Gasteiger partial charge in [-0.1, -0.05) is 58.4 Å². The van der Waals surface area contributed by atoms with Crippen LogP contribution >= 0.6 is 15.9 Å². The maximum Gasteiger partial charge on any atom is 0.223 e. The Hall–Kier alpha value is -3.10. The minimum absolute atomic E-state index is 0.195. The first-order chi connectivity index (χ1) is 13.1. The average molecular weight is 419 g/mol. The molecule has 3 aromatic carbocycles. The van der Waals surface area contributed by atoms with Crippen LogP contribution in [0.2, 0.25) is 0 Å². The monoisotopic (exact) mass is 418 g/mol. The van der Waals surface area contributed by atoms with Crippen molar-refractivity contribution in [2.75, 3.05) is 0 Å². The molecule has 1 aliphatic heterocycles. The van der Waals surface area contributed by atoms with E-state index in [2.05, 4.69) is 27.3 Å². The van der Waals surface area contributed by atoms with Gasteiger partial charge < -0.3 is 4.74 Å². The number of hydrogen-bond acceptors (Lipinski definition) is 3. The lowest BCUT2D eigenvalue weighted by atomic mass is 9.81. The van der Waals surface area contributed by atoms with Crippen molar-refractivity contribution in [2.24, 2.45) is 0 Å². The Bertz CT molecular complexity index is 1130. The van der Waals surface area contributed by atoms with Crippen molar-refractivity contribution in [3.05, 3.63) is 87.7 Å². The van der Waals surface area contributed by atoms with Crippen LogP contribution in [0.15, 0.2) is 76.6 Å². The summed E-state index contributed by atoms with van der Waals surface area (Å²) in [5.74, 6) is 0.224. The number of fused-ring (bicyclic) bond motifs is 3. The molecule has 0 bridgehead atoms. The summed E-state index contributed by atoms with van der Waals surface area (Å²) in [7, 11) is 0. The maximum atomic E-state index is 11.6. The summed E-state index contributed by atoms with van der Waals surface area (Å²) in [5, 5.41) is 14.7. The van der Waals surface area contributed by atoms with Gasteiger partial charge in [-0.15, -0.1) is 0 Å². The largest absolute Gasteiger partial charge is 0.440 e. The number of carbonyl (C=O) groups excluding carboxylic acids is 1. The van der Waals surface area contributed by atoms with Crippen LogP contribution in [0, 0.1) is 11.3 Å². The topological polar surface area (TPSA) is 62.1 Å². The number of nitrogens with one attached hydrogen (secondary N) is 1. The van der Waals surface area contributed by atoms with Crippen LogP contribution in [0.25, 0.3) is 10.8 Å². The maximum absolute atomic E-state index is 11.6. The van der Waals surface area contributed by atoms with Gasteiger partial charge >= 0.3 is 0 Å². The van der Waals surface area contributed by atoms with Gasteiger partial charge in [0.2, 0.25) is 11.8 Å². The first-order valence-electron chi connectivity index (χ1n) is 8.45. The van der Waals surface area contributed by atoms with Crippen molar-refractivity contribution in [3.8, 4) is 11.8 Å². The zero-order chi connectivity index (χ0) is 19.0. The molecule has 27 heavy (non-hydrogen) atoms. The molecule has 5 heteroatoms. The second-order valence-electron chi connectivity index (χ2n) is 6.32. The first-order valence-corrected chi connectivity index (χ1v) is 9.24. The SMILES string of the molecule is CC(=O)NC1=C(C#N)[C@@H](c2ccc(Br)cc2)c2c(ccc3ccccc23)O1. The van der Waals surface area contributed by atoms with Gasteiger partial charge in [0.25, 0.3) is 0 Å². The molecule has 4 nitrogen and oxygen atoms in total. The van der Waals surface area contributed by atoms with Crippen LogP contribution < -0.4 is 10.1 Å². The predicted octanol–water partition coefficient (Wildman–Crippen LogP) is 5.00. The van der Waals surface area contributed by atoms with E-state index in [-0.39, 0.29) is 17.7 Å². The summed E-state index contributed by atoms with van der Waals surface area (Å²) < 4.78 is 6.91. The Morgan fingerprint density at radius 1 is 1.11 bits per heavy atom. The number of ether oxygens (including phenoxy) is 1. The standard InChI is InChI=1S/C22H15BrN2O2/c1-13(26)25-22-18(12-24)20(15-6-9-16(23)10-7-15)21-17-5-3-2-4-14(17)8-11-19(21)27-22/h2-11,20H,1H3,(H,25,26)/t20-/m1/s1. The summed E-state index contributed by atoms with van der Waals surface area (Å²) in [6, 6.07) is 22.0. The van der Waals surface area contributed by atoms with E-state index in [0.717, 1.165) is 26.4 Å². The summed E-state index contributed by atoms with van der Waals surface area (Å²) >= 11 is 3.46. The Labute approximate surface area is 165 Å². The highest BCUT2D eigenvalue weighted by Gasteiger charge is 2.33. The second-order valence-corrected chi connectivity index (χ2v) is 7.24. The van der Waals surface area contributed by atoms with Crippen molar-refractivity contribution in [1.82, 2.24) is 5.32 Å². The molecular weight excluding hydrogens is 404 g/mol. The highest BCUT2D eigenvalue weighted by molar-refractivity contribution is 9.10. The minimum atomic E-state index is -0.334. The molecule has 0 saturated heterocycles. The van der Waals surface area contributed by atoms with Gasteiger partial charge in [0.1, 0.15) is 17.4 Å². The third-order valence-corrected chi connectivity index (χ3v) is 5.11. The van der Waals surface area contributed by atoms with E-state index in [1.165, 1.54) is 6.92 Å². The van der Waals surface area contributed by atoms with Gasteiger partial charge in [0.05, 0.1) is 5.92 Å². The van der Waals surface area contributed by atoms with E-state index in [1.807, 2.05) is 60.7 Å². The Kier molecular flexibility index (Phi) is 4.43. The van der Waals surface area contributed by atoms with Gasteiger partial charge in [-0.3, -0.25) is 10.1 Å². The number of nitrogens with zero attached hydrogens (tertiary/aromatic N) is 1. The number of hydrogen-bond donors (Lipinski definition) is 1. The highest BCUT2D eigenvalue weighted by atomic mass is 79.9. The van der Waals surface area contributed by atoms with E-state index < -0.39 is 0 Å². The Morgan fingerprint density at radius 3 is 2.56 bits per heavy atom. The molecule has 4 rings (SSSR count). The zero-order valence-corrected chi connectivity index (χ0v) is 16.1. The molecule has 1 N–H and O–H groups in total. The molecule has 0 aliphatic carbocycles. The van der Waals surface area contributed by atoms with Gasteiger partial charge in [0.15, 0.2) is 0 Å². The van der Waals surface area contributed by atoms with E-state index in [0.29, 0.717) is 11.3 Å². The molecular formula is C22H15BrN2O2. The number of nitriles is 1. The molecule has 1 atom stereocenters. The fourth-order valence-electron chi connectivity index (χ4n) is 3.46. The summed E-state index contributed by atoms with van der Waals surface area (Å²) in [5.41, 5.74) is 2.27. The minimum Gasteiger partial charge on any atom is -0.440 e. The van der Waals surface area contributed by atoms with Crippen molar-refractivity contribution >= 4 is 32.6 Å². The number of benzene rings is 3. The molecule has 1 heterocycles. The lowest BCUT2D eigenvalue weighted by Gasteiger charge is -2.29. The van der Waals surface area contributed by atoms with Crippen molar-refractivity contribution in [3.63, 3.8) is 0 Å². The van der Waals surface area contributed by atoms with Gasteiger partial charge in [-0.25, -0.2) is 0 Å². The van der Waals surface area contributed by atoms with Crippen LogP contribution in [0.4, 0.5) is 0 Å². The number of carbonyl (C=O) groups is 1. The van der Waals surface area contributed by atoms with Crippen LogP contribution in [-0.2, 0) is 4.79 Å². The van der Waals surface area contributed by atoms with Gasteiger partial charge in [-0.2, -0.15) is 5.26 Å². The molecule has 1 amide bonds. The number of allylic oxidation sites excluding steroid dienone is 1. The van der Waals surface area contributed by atoms with Crippen molar-refractivity contribution in [1.29, 1.82) is 5.26 Å². The lowest BCUT2D eigenvalue weighted by Crippen LogP contribution is -2.29. The number of rotatable bonds is 2. The molecule has 132 valence electrons. The normalized spacial score (nSPS) is 15.7. The third-order valence-electron chi connectivity index (χ3n) is 4.58. The quantitative estimate of drug-likeness (QED) is 0.636. The smallest absolute Gasteiger partial charge is 0.223 e. The number of halogens is 1. The van der Waals surface area contributed by atoms with Crippen molar-refractivity contribution in [2.45, 2.75) is 12.8 Å². The molecule has 0 spiro atoms. The second kappa shape index (κ2) is 6.90. The highest BCUT2D eigenvalue weighted by Crippen LogP contribution is 2.46. The van der Waals surface area contributed by atoms with Gasteiger partial charge in [-0.05, 0) is 34.5 Å². The molecule has 0 saturated carbocycles. The predicted molar refractivity (Wildman–Crippen MR) is 107 cm³/mol. The Balaban J connectivity index is 2.02. The Morgan fingerprint density at radius 2 is 1.85 bits per heavy atom. The van der Waals surface area contributed by atoms with Crippen LogP contribution in [0.1, 0.15) is 24.0 Å². The molecule has 0 radical (unpaired) electrons.